The minimum atomic E-state index is -4.43. The van der Waals surface area contributed by atoms with Crippen molar-refractivity contribution in [3.63, 3.8) is 0 Å². The molecule has 1 heterocycles. The van der Waals surface area contributed by atoms with Crippen LogP contribution in [0.5, 0.6) is 11.5 Å². The molecule has 2 aliphatic rings. The Hall–Kier alpha value is -4.61. The van der Waals surface area contributed by atoms with E-state index in [1.807, 2.05) is 30.3 Å². The summed E-state index contributed by atoms with van der Waals surface area (Å²) in [7, 11) is -4.43. The number of nitrogens with zero attached hydrogens (tertiary/aromatic N) is 2. The molecule has 1 fully saturated rings. The highest BCUT2D eigenvalue weighted by Crippen LogP contribution is 2.34. The minimum Gasteiger partial charge on any atom is -0.486 e. The van der Waals surface area contributed by atoms with Crippen molar-refractivity contribution in [2.45, 2.75) is 62.0 Å². The molecule has 4 aromatic rings. The molecule has 4 aromatic carbocycles. The normalized spacial score (nSPS) is 15.2. The van der Waals surface area contributed by atoms with Crippen molar-refractivity contribution >= 4 is 39.1 Å². The van der Waals surface area contributed by atoms with E-state index >= 15 is 0 Å². The average molecular weight is 720 g/mol. The van der Waals surface area contributed by atoms with Gasteiger partial charge in [-0.05, 0) is 72.5 Å². The lowest BCUT2D eigenvalue weighted by molar-refractivity contribution is -0.140. The molecule has 1 aliphatic heterocycles. The maximum atomic E-state index is 14.7. The Balaban J connectivity index is 1.39. The number of anilines is 1. The van der Waals surface area contributed by atoms with E-state index in [0.29, 0.717) is 22.9 Å². The fourth-order valence-electron chi connectivity index (χ4n) is 6.33. The van der Waals surface area contributed by atoms with Crippen LogP contribution >= 0.6 is 11.6 Å². The van der Waals surface area contributed by atoms with E-state index in [1.165, 1.54) is 35.2 Å². The largest absolute Gasteiger partial charge is 0.486 e. The highest BCUT2D eigenvalue weighted by molar-refractivity contribution is 7.92. The van der Waals surface area contributed by atoms with E-state index in [4.69, 9.17) is 21.1 Å². The highest BCUT2D eigenvalue weighted by Gasteiger charge is 2.36. The number of halogens is 2. The molecule has 262 valence electrons. The predicted octanol–water partition coefficient (Wildman–Crippen LogP) is 6.53. The van der Waals surface area contributed by atoms with Gasteiger partial charge in [-0.3, -0.25) is 13.9 Å². The number of amides is 2. The molecule has 1 saturated carbocycles. The first-order valence-electron chi connectivity index (χ1n) is 16.7. The van der Waals surface area contributed by atoms with Crippen LogP contribution in [0.3, 0.4) is 0 Å². The van der Waals surface area contributed by atoms with Crippen LogP contribution in [0.15, 0.2) is 102 Å². The van der Waals surface area contributed by atoms with Crippen molar-refractivity contribution in [2.24, 2.45) is 0 Å². The lowest BCUT2D eigenvalue weighted by atomic mass is 9.94. The molecule has 9 nitrogen and oxygen atoms in total. The molecule has 1 atom stereocenters. The Morgan fingerprint density at radius 3 is 2.22 bits per heavy atom. The van der Waals surface area contributed by atoms with Crippen LogP contribution in [0.25, 0.3) is 0 Å². The van der Waals surface area contributed by atoms with E-state index in [0.717, 1.165) is 54.1 Å². The second-order valence-electron chi connectivity index (χ2n) is 12.5. The summed E-state index contributed by atoms with van der Waals surface area (Å²) in [5.74, 6) is -0.837. The SMILES string of the molecule is O=C(NC1CCCCC1)[C@@H](Cc1ccccc1)N(Cc1ccc(Cl)cc1)C(=O)CN(c1ccc(F)cc1)S(=O)(=O)c1ccc2c(c1)OCCO2. The van der Waals surface area contributed by atoms with Gasteiger partial charge < -0.3 is 19.7 Å². The van der Waals surface area contributed by atoms with Crippen LogP contribution in [0.2, 0.25) is 5.02 Å². The second-order valence-corrected chi connectivity index (χ2v) is 14.8. The van der Waals surface area contributed by atoms with Gasteiger partial charge in [-0.1, -0.05) is 73.3 Å². The molecule has 0 aromatic heterocycles. The first-order valence-corrected chi connectivity index (χ1v) is 18.6. The summed E-state index contributed by atoms with van der Waals surface area (Å²) >= 11 is 6.18. The van der Waals surface area contributed by atoms with E-state index in [9.17, 15) is 22.4 Å². The number of sulfonamides is 1. The van der Waals surface area contributed by atoms with Gasteiger partial charge in [-0.25, -0.2) is 12.8 Å². The van der Waals surface area contributed by atoms with Gasteiger partial charge in [-0.15, -0.1) is 0 Å². The fourth-order valence-corrected chi connectivity index (χ4v) is 7.89. The Kier molecular flexibility index (Phi) is 11.2. The minimum absolute atomic E-state index is 0.00686. The summed E-state index contributed by atoms with van der Waals surface area (Å²) in [5.41, 5.74) is 1.62. The third-order valence-electron chi connectivity index (χ3n) is 8.98. The summed E-state index contributed by atoms with van der Waals surface area (Å²) < 4.78 is 55.0. The van der Waals surface area contributed by atoms with Crippen molar-refractivity contribution in [1.29, 1.82) is 0 Å². The van der Waals surface area contributed by atoms with Crippen molar-refractivity contribution in [3.8, 4) is 11.5 Å². The first kappa shape index (κ1) is 35.2. The molecule has 50 heavy (non-hydrogen) atoms. The van der Waals surface area contributed by atoms with Crippen LogP contribution in [0.1, 0.15) is 43.2 Å². The molecule has 0 spiro atoms. The topological polar surface area (TPSA) is 105 Å². The van der Waals surface area contributed by atoms with Gasteiger partial charge in [0.25, 0.3) is 10.0 Å². The van der Waals surface area contributed by atoms with E-state index in [1.54, 1.807) is 24.3 Å². The average Bonchev–Trinajstić information content (AvgIpc) is 3.13. The van der Waals surface area contributed by atoms with Crippen LogP contribution in [-0.4, -0.2) is 57.0 Å². The van der Waals surface area contributed by atoms with Crippen LogP contribution in [0.4, 0.5) is 10.1 Å². The first-order chi connectivity index (χ1) is 24.2. The van der Waals surface area contributed by atoms with Crippen LogP contribution in [0, 0.1) is 5.82 Å². The third kappa shape index (κ3) is 8.57. The zero-order valence-corrected chi connectivity index (χ0v) is 29.0. The van der Waals surface area contributed by atoms with Gasteiger partial charge in [0.2, 0.25) is 11.8 Å². The zero-order chi connectivity index (χ0) is 35.1. The Labute approximate surface area is 297 Å². The standard InChI is InChI=1S/C38H39ClFN3O6S/c39-29-13-11-28(12-14-29)25-42(34(23-27-7-3-1-4-8-27)38(45)41-31-9-5-2-6-10-31)37(44)26-43(32-17-15-30(40)16-18-32)50(46,47)33-19-20-35-36(24-33)49-22-21-48-35/h1,3-4,7-8,11-20,24,31,34H,2,5-6,9-10,21-23,25-26H2,(H,41,45)/t34-/m1/s1. The summed E-state index contributed by atoms with van der Waals surface area (Å²) in [6.07, 6.45) is 5.02. The zero-order valence-electron chi connectivity index (χ0n) is 27.5. The van der Waals surface area contributed by atoms with Crippen molar-refractivity contribution in [1.82, 2.24) is 10.2 Å². The van der Waals surface area contributed by atoms with E-state index in [2.05, 4.69) is 5.32 Å². The van der Waals surface area contributed by atoms with Crippen molar-refractivity contribution < 1.29 is 31.9 Å². The van der Waals surface area contributed by atoms with E-state index < -0.39 is 34.3 Å². The summed E-state index contributed by atoms with van der Waals surface area (Å²) in [6, 6.07) is 24.4. The molecular weight excluding hydrogens is 681 g/mol. The lowest BCUT2D eigenvalue weighted by Crippen LogP contribution is -2.55. The predicted molar refractivity (Wildman–Crippen MR) is 189 cm³/mol. The lowest BCUT2D eigenvalue weighted by Gasteiger charge is -2.35. The van der Waals surface area contributed by atoms with Gasteiger partial charge in [0.05, 0.1) is 10.6 Å². The van der Waals surface area contributed by atoms with E-state index in [-0.39, 0.29) is 47.9 Å². The van der Waals surface area contributed by atoms with Gasteiger partial charge in [0.15, 0.2) is 11.5 Å². The molecular formula is C38H39ClFN3O6S. The fraction of sp³-hybridized carbons (Fsp3) is 0.316. The number of fused-ring (bicyclic) bond motifs is 1. The highest BCUT2D eigenvalue weighted by atomic mass is 35.5. The number of carbonyl (C=O) groups is 2. The number of hydrogen-bond acceptors (Lipinski definition) is 6. The molecule has 1 aliphatic carbocycles. The molecule has 6 rings (SSSR count). The summed E-state index contributed by atoms with van der Waals surface area (Å²) in [5, 5.41) is 3.70. The molecule has 1 N–H and O–H groups in total. The van der Waals surface area contributed by atoms with Gasteiger partial charge >= 0.3 is 0 Å². The maximum absolute atomic E-state index is 14.7. The third-order valence-corrected chi connectivity index (χ3v) is 11.0. The number of rotatable bonds is 12. The van der Waals surface area contributed by atoms with Crippen LogP contribution in [-0.2, 0) is 32.6 Å². The second kappa shape index (κ2) is 15.9. The van der Waals surface area contributed by atoms with Crippen molar-refractivity contribution in [2.75, 3.05) is 24.1 Å². The van der Waals surface area contributed by atoms with Gasteiger partial charge in [0.1, 0.15) is 31.6 Å². The number of hydrogen-bond donors (Lipinski definition) is 1. The Bertz CT molecular complexity index is 1890. The maximum Gasteiger partial charge on any atom is 0.264 e. The molecule has 0 unspecified atom stereocenters. The quantitative estimate of drug-likeness (QED) is 0.179. The smallest absolute Gasteiger partial charge is 0.264 e. The van der Waals surface area contributed by atoms with Gasteiger partial charge in [0, 0.05) is 30.1 Å². The molecule has 0 bridgehead atoms. The van der Waals surface area contributed by atoms with Crippen LogP contribution < -0.4 is 19.1 Å². The van der Waals surface area contributed by atoms with Crippen molar-refractivity contribution in [3.05, 3.63) is 119 Å². The molecule has 12 heteroatoms. The summed E-state index contributed by atoms with van der Waals surface area (Å²) in [6.45, 7) is -0.0792. The molecule has 2 amide bonds. The van der Waals surface area contributed by atoms with Gasteiger partial charge in [-0.2, -0.15) is 0 Å². The molecule has 0 radical (unpaired) electrons. The number of benzene rings is 4. The Morgan fingerprint density at radius 1 is 0.840 bits per heavy atom. The summed E-state index contributed by atoms with van der Waals surface area (Å²) in [4.78, 5) is 30.2. The number of carbonyl (C=O) groups excluding carboxylic acids is 2. The monoisotopic (exact) mass is 719 g/mol. The number of ether oxygens (including phenoxy) is 2. The Morgan fingerprint density at radius 2 is 1.52 bits per heavy atom. The number of nitrogens with one attached hydrogen (secondary N) is 1. The molecule has 0 saturated heterocycles.